The van der Waals surface area contributed by atoms with Crippen LogP contribution in [0.4, 0.5) is 11.4 Å². The average molecular weight is 427 g/mol. The molecule has 0 spiro atoms. The highest BCUT2D eigenvalue weighted by molar-refractivity contribution is 7.09. The number of nitrogens with zero attached hydrogens (tertiary/aromatic N) is 2. The molecule has 0 aliphatic carbocycles. The van der Waals surface area contributed by atoms with Gasteiger partial charge in [-0.15, -0.1) is 11.3 Å². The summed E-state index contributed by atoms with van der Waals surface area (Å²) in [7, 11) is 0. The predicted octanol–water partition coefficient (Wildman–Crippen LogP) is 4.31. The minimum Gasteiger partial charge on any atom is -0.449 e. The second-order valence-corrected chi connectivity index (χ2v) is 7.82. The predicted molar refractivity (Wildman–Crippen MR) is 114 cm³/mol. The number of hydrogen-bond acceptors (Lipinski definition) is 6. The van der Waals surface area contributed by atoms with Gasteiger partial charge in [0, 0.05) is 34.1 Å². The van der Waals surface area contributed by atoms with Crippen LogP contribution in [0.5, 0.6) is 0 Å². The van der Waals surface area contributed by atoms with Gasteiger partial charge in [-0.05, 0) is 50.4 Å². The third-order valence-electron chi connectivity index (χ3n) is 4.69. The minimum atomic E-state index is -1.03. The molecule has 2 heterocycles. The van der Waals surface area contributed by atoms with Crippen molar-refractivity contribution < 1.29 is 19.2 Å². The number of carbonyl (C=O) groups is 2. The van der Waals surface area contributed by atoms with E-state index in [1.165, 1.54) is 36.1 Å². The molecule has 2 aromatic heterocycles. The van der Waals surface area contributed by atoms with E-state index in [4.69, 9.17) is 4.74 Å². The van der Waals surface area contributed by atoms with E-state index in [-0.39, 0.29) is 5.69 Å². The standard InChI is InChI=1S/C21H21N3O5S/c1-13-11-19(14(2)23(13)12-18-5-4-10-30-18)21(26)29-15(3)20(25)22-16-6-8-17(9-7-16)24(27)28/h4-11,15H,12H2,1-3H3,(H,22,25). The summed E-state index contributed by atoms with van der Waals surface area (Å²) >= 11 is 1.64. The van der Waals surface area contributed by atoms with Gasteiger partial charge in [0.05, 0.1) is 17.0 Å². The van der Waals surface area contributed by atoms with Crippen LogP contribution in [0, 0.1) is 24.0 Å². The molecule has 1 aromatic carbocycles. The Morgan fingerprint density at radius 3 is 2.53 bits per heavy atom. The number of nitrogens with one attached hydrogen (secondary N) is 1. The first-order valence-corrected chi connectivity index (χ1v) is 10.1. The first-order chi connectivity index (χ1) is 14.3. The van der Waals surface area contributed by atoms with Crippen molar-refractivity contribution in [2.75, 3.05) is 5.32 Å². The van der Waals surface area contributed by atoms with E-state index in [9.17, 15) is 19.7 Å². The van der Waals surface area contributed by atoms with Crippen molar-refractivity contribution in [1.82, 2.24) is 4.57 Å². The molecule has 0 bridgehead atoms. The number of nitro benzene ring substituents is 1. The van der Waals surface area contributed by atoms with Crippen LogP contribution in [0.15, 0.2) is 47.8 Å². The second-order valence-electron chi connectivity index (χ2n) is 6.79. The molecular formula is C21H21N3O5S. The summed E-state index contributed by atoms with van der Waals surface area (Å²) in [4.78, 5) is 36.3. The van der Waals surface area contributed by atoms with Crippen LogP contribution in [0.25, 0.3) is 0 Å². The normalized spacial score (nSPS) is 11.7. The molecule has 0 saturated heterocycles. The van der Waals surface area contributed by atoms with Gasteiger partial charge in [0.15, 0.2) is 6.10 Å². The largest absolute Gasteiger partial charge is 0.449 e. The number of ether oxygens (including phenoxy) is 1. The van der Waals surface area contributed by atoms with Crippen molar-refractivity contribution in [3.63, 3.8) is 0 Å². The lowest BCUT2D eigenvalue weighted by atomic mass is 10.2. The fourth-order valence-corrected chi connectivity index (χ4v) is 3.69. The molecule has 30 heavy (non-hydrogen) atoms. The molecule has 0 aliphatic heterocycles. The fourth-order valence-electron chi connectivity index (χ4n) is 3.00. The molecule has 9 heteroatoms. The lowest BCUT2D eigenvalue weighted by Gasteiger charge is -2.14. The monoisotopic (exact) mass is 427 g/mol. The summed E-state index contributed by atoms with van der Waals surface area (Å²) in [6.07, 6.45) is -1.03. The summed E-state index contributed by atoms with van der Waals surface area (Å²) < 4.78 is 7.38. The maximum Gasteiger partial charge on any atom is 0.340 e. The quantitative estimate of drug-likeness (QED) is 0.344. The molecule has 156 valence electrons. The number of rotatable bonds is 7. The summed E-state index contributed by atoms with van der Waals surface area (Å²) in [5, 5.41) is 15.3. The van der Waals surface area contributed by atoms with Crippen LogP contribution >= 0.6 is 11.3 Å². The van der Waals surface area contributed by atoms with E-state index >= 15 is 0 Å². The molecule has 0 radical (unpaired) electrons. The van der Waals surface area contributed by atoms with Crippen LogP contribution in [0.3, 0.4) is 0 Å². The Hall–Kier alpha value is -3.46. The lowest BCUT2D eigenvalue weighted by Crippen LogP contribution is -2.30. The Bertz CT molecular complexity index is 1070. The molecule has 8 nitrogen and oxygen atoms in total. The molecule has 3 aromatic rings. The zero-order chi connectivity index (χ0) is 21.8. The average Bonchev–Trinajstić information content (AvgIpc) is 3.32. The van der Waals surface area contributed by atoms with Gasteiger partial charge in [-0.2, -0.15) is 0 Å². The van der Waals surface area contributed by atoms with E-state index in [0.29, 0.717) is 17.8 Å². The smallest absolute Gasteiger partial charge is 0.340 e. The van der Waals surface area contributed by atoms with Crippen molar-refractivity contribution >= 4 is 34.6 Å². The molecule has 0 fully saturated rings. The van der Waals surface area contributed by atoms with Gasteiger partial charge in [-0.1, -0.05) is 6.07 Å². The number of nitro groups is 1. The van der Waals surface area contributed by atoms with E-state index < -0.39 is 22.9 Å². The van der Waals surface area contributed by atoms with Gasteiger partial charge in [-0.25, -0.2) is 4.79 Å². The molecule has 1 atom stereocenters. The summed E-state index contributed by atoms with van der Waals surface area (Å²) in [5.74, 6) is -1.10. The zero-order valence-corrected chi connectivity index (χ0v) is 17.6. The maximum absolute atomic E-state index is 12.6. The Morgan fingerprint density at radius 1 is 1.23 bits per heavy atom. The Balaban J connectivity index is 1.65. The molecule has 1 N–H and O–H groups in total. The van der Waals surface area contributed by atoms with Gasteiger partial charge in [-0.3, -0.25) is 14.9 Å². The van der Waals surface area contributed by atoms with Crippen molar-refractivity contribution in [1.29, 1.82) is 0 Å². The van der Waals surface area contributed by atoms with Gasteiger partial charge in [0.1, 0.15) is 0 Å². The zero-order valence-electron chi connectivity index (χ0n) is 16.7. The lowest BCUT2D eigenvalue weighted by molar-refractivity contribution is -0.384. The second kappa shape index (κ2) is 8.91. The van der Waals surface area contributed by atoms with Crippen LogP contribution in [0.2, 0.25) is 0 Å². The number of benzene rings is 1. The molecule has 1 unspecified atom stereocenters. The highest BCUT2D eigenvalue weighted by atomic mass is 32.1. The number of amides is 1. The van der Waals surface area contributed by atoms with Crippen molar-refractivity contribution in [3.8, 4) is 0 Å². The summed E-state index contributed by atoms with van der Waals surface area (Å²) in [6.45, 7) is 5.91. The molecule has 0 aliphatic rings. The number of aromatic nitrogens is 1. The molecule has 3 rings (SSSR count). The SMILES string of the molecule is Cc1cc(C(=O)OC(C)C(=O)Nc2ccc([N+](=O)[O-])cc2)c(C)n1Cc1cccs1. The molecule has 0 saturated carbocycles. The molecule has 1 amide bonds. The number of thiophene rings is 1. The first-order valence-electron chi connectivity index (χ1n) is 9.21. The summed E-state index contributed by atoms with van der Waals surface area (Å²) in [6, 6.07) is 11.2. The van der Waals surface area contributed by atoms with Gasteiger partial charge in [0.25, 0.3) is 11.6 Å². The van der Waals surface area contributed by atoms with E-state index in [2.05, 4.69) is 5.32 Å². The number of aryl methyl sites for hydroxylation is 1. The number of non-ortho nitro benzene ring substituents is 1. The number of anilines is 1. The number of hydrogen-bond donors (Lipinski definition) is 1. The highest BCUT2D eigenvalue weighted by Crippen LogP contribution is 2.21. The maximum atomic E-state index is 12.6. The third kappa shape index (κ3) is 4.74. The Morgan fingerprint density at radius 2 is 1.93 bits per heavy atom. The van der Waals surface area contributed by atoms with Crippen LogP contribution < -0.4 is 5.32 Å². The van der Waals surface area contributed by atoms with E-state index in [1.54, 1.807) is 17.4 Å². The van der Waals surface area contributed by atoms with E-state index in [0.717, 1.165) is 11.4 Å². The van der Waals surface area contributed by atoms with Crippen LogP contribution in [-0.2, 0) is 16.1 Å². The van der Waals surface area contributed by atoms with Gasteiger partial charge in [0.2, 0.25) is 0 Å². The first kappa shape index (κ1) is 21.3. The highest BCUT2D eigenvalue weighted by Gasteiger charge is 2.23. The Labute approximate surface area is 177 Å². The number of carbonyl (C=O) groups excluding carboxylic acids is 2. The fraction of sp³-hybridized carbons (Fsp3) is 0.238. The van der Waals surface area contributed by atoms with Gasteiger partial charge >= 0.3 is 5.97 Å². The third-order valence-corrected chi connectivity index (χ3v) is 5.55. The molecular weight excluding hydrogens is 406 g/mol. The van der Waals surface area contributed by atoms with Crippen LogP contribution in [0.1, 0.15) is 33.5 Å². The Kier molecular flexibility index (Phi) is 6.31. The van der Waals surface area contributed by atoms with Gasteiger partial charge < -0.3 is 14.6 Å². The van der Waals surface area contributed by atoms with Crippen LogP contribution in [-0.4, -0.2) is 27.5 Å². The van der Waals surface area contributed by atoms with Crippen molar-refractivity contribution in [3.05, 3.63) is 79.8 Å². The van der Waals surface area contributed by atoms with E-state index in [1.807, 2.05) is 35.9 Å². The van der Waals surface area contributed by atoms with Crippen molar-refractivity contribution in [2.24, 2.45) is 0 Å². The number of esters is 1. The van der Waals surface area contributed by atoms with Crippen molar-refractivity contribution in [2.45, 2.75) is 33.4 Å². The minimum absolute atomic E-state index is 0.0784. The summed E-state index contributed by atoms with van der Waals surface area (Å²) in [5.41, 5.74) is 2.41. The topological polar surface area (TPSA) is 103 Å².